The van der Waals surface area contributed by atoms with Gasteiger partial charge in [0.25, 0.3) is 17.5 Å². The molecule has 1 saturated heterocycles. The Morgan fingerprint density at radius 1 is 1.11 bits per heavy atom. The van der Waals surface area contributed by atoms with Gasteiger partial charge in [0.05, 0.1) is 10.6 Å². The van der Waals surface area contributed by atoms with Gasteiger partial charge in [-0.3, -0.25) is 25.0 Å². The quantitative estimate of drug-likeness (QED) is 0.179. The molecule has 9 nitrogen and oxygen atoms in total. The second-order valence-corrected chi connectivity index (χ2v) is 9.14. The summed E-state index contributed by atoms with van der Waals surface area (Å²) in [6, 6.07) is 14.8. The average Bonchev–Trinajstić information content (AvgIpc) is 2.83. The molecule has 0 bridgehead atoms. The zero-order valence-electron chi connectivity index (χ0n) is 18.7. The molecule has 4 amide bonds. The number of benzene rings is 3. The minimum absolute atomic E-state index is 0.00590. The predicted molar refractivity (Wildman–Crippen MR) is 137 cm³/mol. The molecule has 1 aliphatic heterocycles. The van der Waals surface area contributed by atoms with Crippen LogP contribution in [0.5, 0.6) is 5.75 Å². The van der Waals surface area contributed by atoms with E-state index in [-0.39, 0.29) is 23.6 Å². The van der Waals surface area contributed by atoms with Gasteiger partial charge >= 0.3 is 6.03 Å². The molecule has 11 heteroatoms. The van der Waals surface area contributed by atoms with Crippen LogP contribution < -0.4 is 15.0 Å². The van der Waals surface area contributed by atoms with Crippen LogP contribution in [0.25, 0.3) is 6.08 Å². The van der Waals surface area contributed by atoms with Crippen LogP contribution in [0.15, 0.2) is 70.7 Å². The molecule has 1 heterocycles. The number of barbiturate groups is 1. The largest absolute Gasteiger partial charge is 0.488 e. The molecule has 0 saturated carbocycles. The van der Waals surface area contributed by atoms with Gasteiger partial charge in [0.2, 0.25) is 0 Å². The summed E-state index contributed by atoms with van der Waals surface area (Å²) in [5.41, 5.74) is 1.45. The van der Waals surface area contributed by atoms with Crippen LogP contribution in [0, 0.1) is 17.0 Å². The van der Waals surface area contributed by atoms with Crippen LogP contribution in [0.2, 0.25) is 5.02 Å². The maximum atomic E-state index is 13.3. The number of anilines is 1. The van der Waals surface area contributed by atoms with Crippen LogP contribution in [0.4, 0.5) is 16.2 Å². The summed E-state index contributed by atoms with van der Waals surface area (Å²) in [5, 5.41) is 13.5. The van der Waals surface area contributed by atoms with Crippen molar-refractivity contribution in [2.24, 2.45) is 0 Å². The highest BCUT2D eigenvalue weighted by Gasteiger charge is 2.37. The van der Waals surface area contributed by atoms with Gasteiger partial charge in [-0.05, 0) is 54.5 Å². The summed E-state index contributed by atoms with van der Waals surface area (Å²) in [6.07, 6.45) is 1.32. The lowest BCUT2D eigenvalue weighted by atomic mass is 10.0. The van der Waals surface area contributed by atoms with Crippen molar-refractivity contribution in [3.8, 4) is 5.75 Å². The van der Waals surface area contributed by atoms with E-state index < -0.39 is 22.8 Å². The summed E-state index contributed by atoms with van der Waals surface area (Å²) in [7, 11) is 0. The van der Waals surface area contributed by atoms with E-state index in [1.165, 1.54) is 24.3 Å². The van der Waals surface area contributed by atoms with E-state index in [4.69, 9.17) is 16.3 Å². The summed E-state index contributed by atoms with van der Waals surface area (Å²) < 4.78 is 6.52. The predicted octanol–water partition coefficient (Wildman–Crippen LogP) is 5.56. The van der Waals surface area contributed by atoms with Gasteiger partial charge in [-0.15, -0.1) is 0 Å². The number of nitro benzene ring substituents is 1. The highest BCUT2D eigenvalue weighted by molar-refractivity contribution is 9.10. The van der Waals surface area contributed by atoms with Crippen LogP contribution in [0.3, 0.4) is 0 Å². The Labute approximate surface area is 218 Å². The highest BCUT2D eigenvalue weighted by atomic mass is 79.9. The van der Waals surface area contributed by atoms with E-state index in [9.17, 15) is 24.5 Å². The number of ether oxygens (including phenoxy) is 1. The zero-order chi connectivity index (χ0) is 26.0. The van der Waals surface area contributed by atoms with E-state index in [0.717, 1.165) is 4.90 Å². The molecule has 3 aromatic carbocycles. The van der Waals surface area contributed by atoms with E-state index in [1.807, 2.05) is 0 Å². The van der Waals surface area contributed by atoms with Gasteiger partial charge in [0.1, 0.15) is 17.9 Å². The first-order valence-corrected chi connectivity index (χ1v) is 11.6. The smallest absolute Gasteiger partial charge is 0.335 e. The Hall–Kier alpha value is -4.02. The molecule has 0 unspecified atom stereocenters. The van der Waals surface area contributed by atoms with Gasteiger partial charge in [-0.1, -0.05) is 45.7 Å². The molecular weight excluding hydrogens is 554 g/mol. The third-order valence-electron chi connectivity index (χ3n) is 5.30. The van der Waals surface area contributed by atoms with Gasteiger partial charge < -0.3 is 4.74 Å². The molecule has 0 radical (unpaired) electrons. The van der Waals surface area contributed by atoms with Crippen LogP contribution >= 0.6 is 27.5 Å². The summed E-state index contributed by atoms with van der Waals surface area (Å²) in [6.45, 7) is 1.71. The number of hydrogen-bond acceptors (Lipinski definition) is 6. The SMILES string of the molecule is Cc1ccc(Cl)cc1N1C(=O)NC(=O)/C(=C\c2cc(Br)ccc2OCc2cccc([N+](=O)[O-])c2)C1=O. The monoisotopic (exact) mass is 569 g/mol. The minimum atomic E-state index is -0.885. The fourth-order valence-electron chi connectivity index (χ4n) is 3.54. The molecule has 1 aliphatic rings. The van der Waals surface area contributed by atoms with E-state index in [0.29, 0.717) is 31.9 Å². The van der Waals surface area contributed by atoms with E-state index in [2.05, 4.69) is 21.2 Å². The van der Waals surface area contributed by atoms with Crippen LogP contribution in [-0.4, -0.2) is 22.8 Å². The number of urea groups is 1. The number of rotatable bonds is 6. The first-order valence-electron chi connectivity index (χ1n) is 10.5. The maximum absolute atomic E-state index is 13.3. The maximum Gasteiger partial charge on any atom is 0.335 e. The second-order valence-electron chi connectivity index (χ2n) is 7.79. The number of amides is 4. The number of aryl methyl sites for hydroxylation is 1. The first kappa shape index (κ1) is 25.1. The normalized spacial score (nSPS) is 14.7. The van der Waals surface area contributed by atoms with Crippen molar-refractivity contribution in [3.63, 3.8) is 0 Å². The Morgan fingerprint density at radius 3 is 2.64 bits per heavy atom. The van der Waals surface area contributed by atoms with E-state index in [1.54, 1.807) is 49.4 Å². The Morgan fingerprint density at radius 2 is 1.89 bits per heavy atom. The van der Waals surface area contributed by atoms with Crippen molar-refractivity contribution >= 4 is 62.8 Å². The molecule has 1 N–H and O–H groups in total. The Balaban J connectivity index is 1.68. The number of nitrogens with one attached hydrogen (secondary N) is 1. The third-order valence-corrected chi connectivity index (χ3v) is 6.03. The number of carbonyl (C=O) groups is 3. The highest BCUT2D eigenvalue weighted by Crippen LogP contribution is 2.31. The number of nitrogens with zero attached hydrogens (tertiary/aromatic N) is 2. The lowest BCUT2D eigenvalue weighted by molar-refractivity contribution is -0.384. The second kappa shape index (κ2) is 10.3. The van der Waals surface area contributed by atoms with Crippen molar-refractivity contribution in [1.29, 1.82) is 0 Å². The number of non-ortho nitro benzene ring substituents is 1. The lowest BCUT2D eigenvalue weighted by Crippen LogP contribution is -2.54. The number of imide groups is 2. The summed E-state index contributed by atoms with van der Waals surface area (Å²) in [5.74, 6) is -1.36. The molecule has 0 atom stereocenters. The third kappa shape index (κ3) is 5.29. The fraction of sp³-hybridized carbons (Fsp3) is 0.0800. The Bertz CT molecular complexity index is 1460. The first-order chi connectivity index (χ1) is 17.1. The van der Waals surface area contributed by atoms with Gasteiger partial charge in [-0.25, -0.2) is 9.69 Å². The number of carbonyl (C=O) groups excluding carboxylic acids is 3. The van der Waals surface area contributed by atoms with Crippen molar-refractivity contribution in [2.75, 3.05) is 4.90 Å². The molecule has 36 heavy (non-hydrogen) atoms. The summed E-state index contributed by atoms with van der Waals surface area (Å²) >= 11 is 9.43. The molecule has 1 fully saturated rings. The van der Waals surface area contributed by atoms with Crippen LogP contribution in [0.1, 0.15) is 16.7 Å². The van der Waals surface area contributed by atoms with Gasteiger partial charge in [-0.2, -0.15) is 0 Å². The van der Waals surface area contributed by atoms with Crippen molar-refractivity contribution in [1.82, 2.24) is 5.32 Å². The molecule has 0 spiro atoms. The Kier molecular flexibility index (Phi) is 7.18. The van der Waals surface area contributed by atoms with Crippen molar-refractivity contribution in [2.45, 2.75) is 13.5 Å². The van der Waals surface area contributed by atoms with Crippen molar-refractivity contribution < 1.29 is 24.0 Å². The number of halogens is 2. The minimum Gasteiger partial charge on any atom is -0.488 e. The molecule has 0 aliphatic carbocycles. The van der Waals surface area contributed by atoms with Crippen molar-refractivity contribution in [3.05, 3.63) is 103 Å². The zero-order valence-corrected chi connectivity index (χ0v) is 21.0. The topological polar surface area (TPSA) is 119 Å². The summed E-state index contributed by atoms with van der Waals surface area (Å²) in [4.78, 5) is 49.9. The molecule has 0 aromatic heterocycles. The molecule has 3 aromatic rings. The number of nitro groups is 1. The molecule has 4 rings (SSSR count). The van der Waals surface area contributed by atoms with Crippen LogP contribution in [-0.2, 0) is 16.2 Å². The molecular formula is C25H17BrClN3O6. The lowest BCUT2D eigenvalue weighted by Gasteiger charge is -2.27. The average molecular weight is 571 g/mol. The standard InChI is InChI=1S/C25H17BrClN3O6/c1-14-5-7-18(27)12-21(14)29-24(32)20(23(31)28-25(29)33)11-16-10-17(26)6-8-22(16)36-13-15-3-2-4-19(9-15)30(34)35/h2-12H,13H2,1H3,(H,28,31,33)/b20-11+. The van der Waals surface area contributed by atoms with Gasteiger partial charge in [0.15, 0.2) is 0 Å². The van der Waals surface area contributed by atoms with E-state index >= 15 is 0 Å². The number of hydrogen-bond donors (Lipinski definition) is 1. The fourth-order valence-corrected chi connectivity index (χ4v) is 4.08. The molecule has 182 valence electrons. The van der Waals surface area contributed by atoms with Gasteiger partial charge in [0, 0.05) is 27.2 Å².